The highest BCUT2D eigenvalue weighted by atomic mass is 19.1. The van der Waals surface area contributed by atoms with Crippen LogP contribution in [-0.4, -0.2) is 47.8 Å². The summed E-state index contributed by atoms with van der Waals surface area (Å²) in [5, 5.41) is 11.6. The van der Waals surface area contributed by atoms with Crippen LogP contribution in [0.3, 0.4) is 0 Å². The lowest BCUT2D eigenvalue weighted by molar-refractivity contribution is -0.123. The third-order valence-corrected chi connectivity index (χ3v) is 7.35. The molecule has 1 N–H and O–H groups in total. The molecule has 204 valence electrons. The summed E-state index contributed by atoms with van der Waals surface area (Å²) in [5.41, 5.74) is 2.75. The molecule has 1 saturated carbocycles. The van der Waals surface area contributed by atoms with Crippen LogP contribution in [0.1, 0.15) is 82.9 Å². The number of anilines is 1. The quantitative estimate of drug-likeness (QED) is 0.411. The largest absolute Gasteiger partial charge is 0.359 e. The van der Waals surface area contributed by atoms with E-state index >= 15 is 0 Å². The summed E-state index contributed by atoms with van der Waals surface area (Å²) in [6, 6.07) is 9.05. The molecule has 2 unspecified atom stereocenters. The van der Waals surface area contributed by atoms with Gasteiger partial charge in [-0.05, 0) is 54.9 Å². The Balaban J connectivity index is 0.000000375. The van der Waals surface area contributed by atoms with Crippen LogP contribution in [0, 0.1) is 17.3 Å². The Kier molecular flexibility index (Phi) is 10.2. The molecule has 1 aromatic carbocycles. The van der Waals surface area contributed by atoms with E-state index < -0.39 is 11.9 Å². The zero-order chi connectivity index (χ0) is 27.7. The number of hydrogen-bond donors (Lipinski definition) is 1. The molecule has 8 heteroatoms. The van der Waals surface area contributed by atoms with Crippen LogP contribution in [0.25, 0.3) is 0 Å². The van der Waals surface area contributed by atoms with Crippen molar-refractivity contribution in [3.8, 4) is 6.19 Å². The monoisotopic (exact) mass is 521 g/mol. The lowest BCUT2D eigenvalue weighted by Crippen LogP contribution is -2.44. The Morgan fingerprint density at radius 3 is 2.39 bits per heavy atom. The zero-order valence-corrected chi connectivity index (χ0v) is 23.0. The summed E-state index contributed by atoms with van der Waals surface area (Å²) in [5.74, 6) is -0.541. The highest BCUT2D eigenvalue weighted by Gasteiger charge is 2.29. The Morgan fingerprint density at radius 1 is 1.16 bits per heavy atom. The van der Waals surface area contributed by atoms with E-state index in [9.17, 15) is 14.0 Å². The molecule has 0 bridgehead atoms. The molecule has 2 atom stereocenters. The van der Waals surface area contributed by atoms with Gasteiger partial charge in [0.05, 0.1) is 12.2 Å². The van der Waals surface area contributed by atoms with Crippen molar-refractivity contribution in [3.63, 3.8) is 0 Å². The van der Waals surface area contributed by atoms with Gasteiger partial charge in [-0.1, -0.05) is 52.2 Å². The molecule has 4 rings (SSSR count). The minimum atomic E-state index is -0.638. The van der Waals surface area contributed by atoms with E-state index in [1.165, 1.54) is 23.0 Å². The maximum absolute atomic E-state index is 13.9. The van der Waals surface area contributed by atoms with Gasteiger partial charge in [0.25, 0.3) is 0 Å². The number of nitrogens with zero attached hydrogens (tertiary/aromatic N) is 4. The molecule has 2 fully saturated rings. The van der Waals surface area contributed by atoms with E-state index in [2.05, 4.69) is 43.2 Å². The van der Waals surface area contributed by atoms with Crippen LogP contribution in [-0.2, 0) is 15.0 Å². The number of hydrogen-bond acceptors (Lipinski definition) is 6. The van der Waals surface area contributed by atoms with Crippen molar-refractivity contribution in [3.05, 3.63) is 59.7 Å². The minimum Gasteiger partial charge on any atom is -0.359 e. The van der Waals surface area contributed by atoms with Crippen LogP contribution < -0.4 is 10.2 Å². The molecule has 2 aromatic rings. The predicted molar refractivity (Wildman–Crippen MR) is 147 cm³/mol. The van der Waals surface area contributed by atoms with E-state index in [0.717, 1.165) is 63.2 Å². The number of aldehydes is 1. The highest BCUT2D eigenvalue weighted by molar-refractivity contribution is 5.86. The minimum absolute atomic E-state index is 0.0569. The molecule has 1 aromatic heterocycles. The second-order valence-corrected chi connectivity index (χ2v) is 11.2. The first-order valence-corrected chi connectivity index (χ1v) is 13.5. The summed E-state index contributed by atoms with van der Waals surface area (Å²) in [6.45, 7) is 7.26. The molecule has 1 aliphatic heterocycles. The van der Waals surface area contributed by atoms with Crippen LogP contribution in [0.5, 0.6) is 0 Å². The van der Waals surface area contributed by atoms with Gasteiger partial charge in [0, 0.05) is 37.1 Å². The molecule has 0 radical (unpaired) electrons. The number of nitrogens with one attached hydrogen (secondary N) is 1. The summed E-state index contributed by atoms with van der Waals surface area (Å²) < 4.78 is 13.9. The molecule has 2 aliphatic rings. The smallest absolute Gasteiger partial charge is 0.247 e. The highest BCUT2D eigenvalue weighted by Crippen LogP contribution is 2.30. The van der Waals surface area contributed by atoms with Crippen molar-refractivity contribution in [1.29, 1.82) is 5.26 Å². The van der Waals surface area contributed by atoms with Crippen molar-refractivity contribution in [2.75, 3.05) is 18.5 Å². The Labute approximate surface area is 226 Å². The van der Waals surface area contributed by atoms with Gasteiger partial charge in [-0.15, -0.1) is 0 Å². The number of likely N-dealkylation sites (tertiary alicyclic amines) is 1. The number of rotatable bonds is 6. The number of carbonyl (C=O) groups excluding carboxylic acids is 2. The van der Waals surface area contributed by atoms with Crippen LogP contribution in [0.2, 0.25) is 0 Å². The fourth-order valence-corrected chi connectivity index (χ4v) is 5.06. The van der Waals surface area contributed by atoms with Crippen molar-refractivity contribution < 1.29 is 14.0 Å². The molecular formula is C30H40FN5O2. The van der Waals surface area contributed by atoms with Gasteiger partial charge >= 0.3 is 0 Å². The third-order valence-electron chi connectivity index (χ3n) is 7.35. The number of aromatic nitrogens is 1. The lowest BCUT2D eigenvalue weighted by atomic mass is 9.87. The Hall–Kier alpha value is -3.47. The first kappa shape index (κ1) is 29.1. The normalized spacial score (nSPS) is 18.5. The SMILES string of the molecule is CN(c1ccc(C(C)(C)C)cc1)C(C(=O)NC1CCCCC1)c1cncc(F)c1.N#CN1CCCC1C=O. The average Bonchev–Trinajstić information content (AvgIpc) is 3.37. The number of halogens is 1. The van der Waals surface area contributed by atoms with Gasteiger partial charge in [-0.3, -0.25) is 9.78 Å². The number of likely N-dealkylation sites (N-methyl/N-ethyl adjacent to an activating group) is 1. The summed E-state index contributed by atoms with van der Waals surface area (Å²) >= 11 is 0. The standard InChI is InChI=1S/C24H32FN3O.C6H8N2O/c1-24(2,3)18-10-12-21(13-11-18)28(4)22(17-14-19(25)16-26-15-17)23(29)27-20-8-6-5-7-9-20;7-5-8-3-1-2-6(8)4-9/h10-16,20,22H,5-9H2,1-4H3,(H,27,29);4,6H,1-3H2. The van der Waals surface area contributed by atoms with Gasteiger partial charge in [-0.2, -0.15) is 5.26 Å². The van der Waals surface area contributed by atoms with E-state index in [0.29, 0.717) is 5.56 Å². The Bertz CT molecular complexity index is 1100. The molecule has 0 spiro atoms. The van der Waals surface area contributed by atoms with Gasteiger partial charge in [-0.25, -0.2) is 4.39 Å². The van der Waals surface area contributed by atoms with Crippen molar-refractivity contribution in [2.45, 2.75) is 89.3 Å². The van der Waals surface area contributed by atoms with Crippen molar-refractivity contribution in [2.24, 2.45) is 0 Å². The van der Waals surface area contributed by atoms with Crippen molar-refractivity contribution >= 4 is 17.9 Å². The third kappa shape index (κ3) is 7.77. The average molecular weight is 522 g/mol. The van der Waals surface area contributed by atoms with Gasteiger partial charge in [0.1, 0.15) is 18.1 Å². The molecular weight excluding hydrogens is 481 g/mol. The van der Waals surface area contributed by atoms with E-state index in [4.69, 9.17) is 5.26 Å². The van der Waals surface area contributed by atoms with Gasteiger partial charge < -0.3 is 19.9 Å². The number of nitriles is 1. The van der Waals surface area contributed by atoms with Crippen molar-refractivity contribution in [1.82, 2.24) is 15.2 Å². The second-order valence-electron chi connectivity index (χ2n) is 11.2. The maximum Gasteiger partial charge on any atom is 0.247 e. The predicted octanol–water partition coefficient (Wildman–Crippen LogP) is 5.28. The molecule has 1 saturated heterocycles. The molecule has 1 aliphatic carbocycles. The first-order valence-electron chi connectivity index (χ1n) is 13.5. The molecule has 1 amide bonds. The van der Waals surface area contributed by atoms with Crippen LogP contribution >= 0.6 is 0 Å². The lowest BCUT2D eigenvalue weighted by Gasteiger charge is -2.32. The number of amides is 1. The number of carbonyl (C=O) groups is 2. The summed E-state index contributed by atoms with van der Waals surface area (Å²) in [6.07, 6.45) is 12.9. The van der Waals surface area contributed by atoms with E-state index in [-0.39, 0.29) is 23.4 Å². The molecule has 7 nitrogen and oxygen atoms in total. The topological polar surface area (TPSA) is 89.3 Å². The van der Waals surface area contributed by atoms with Gasteiger partial charge in [0.2, 0.25) is 5.91 Å². The second kappa shape index (κ2) is 13.4. The number of benzene rings is 1. The van der Waals surface area contributed by atoms with Gasteiger partial charge in [0.15, 0.2) is 6.19 Å². The van der Waals surface area contributed by atoms with E-state index in [1.807, 2.05) is 30.3 Å². The molecule has 38 heavy (non-hydrogen) atoms. The number of pyridine rings is 1. The Morgan fingerprint density at radius 2 is 1.84 bits per heavy atom. The summed E-state index contributed by atoms with van der Waals surface area (Å²) in [4.78, 5) is 30.8. The fraction of sp³-hybridized carbons (Fsp3) is 0.533. The van der Waals surface area contributed by atoms with E-state index in [1.54, 1.807) is 6.20 Å². The fourth-order valence-electron chi connectivity index (χ4n) is 5.06. The first-order chi connectivity index (χ1) is 18.1. The maximum atomic E-state index is 13.9. The van der Waals surface area contributed by atoms with Crippen LogP contribution in [0.15, 0.2) is 42.7 Å². The van der Waals surface area contributed by atoms with Crippen LogP contribution in [0.4, 0.5) is 10.1 Å². The summed E-state index contributed by atoms with van der Waals surface area (Å²) in [7, 11) is 1.88. The zero-order valence-electron chi connectivity index (χ0n) is 23.0. The molecule has 2 heterocycles.